The second-order valence-corrected chi connectivity index (χ2v) is 6.13. The van der Waals surface area contributed by atoms with Crippen LogP contribution in [0, 0.1) is 0 Å². The minimum Gasteiger partial charge on any atom is -0.478 e. The molecule has 0 N–H and O–H groups in total. The number of aromatic nitrogens is 4. The van der Waals surface area contributed by atoms with E-state index in [4.69, 9.17) is 9.26 Å². The number of nitrogens with zero attached hydrogens (tertiary/aromatic N) is 7. The number of anilines is 2. The topological polar surface area (TPSA) is 83.7 Å². The molecule has 0 aliphatic carbocycles. The van der Waals surface area contributed by atoms with E-state index >= 15 is 0 Å². The third kappa shape index (κ3) is 4.56. The van der Waals surface area contributed by atoms with E-state index in [9.17, 15) is 0 Å². The highest BCUT2D eigenvalue weighted by Gasteiger charge is 2.19. The minimum absolute atomic E-state index is 0.601. The van der Waals surface area contributed by atoms with Crippen molar-refractivity contribution < 1.29 is 9.26 Å². The molecule has 0 unspecified atom stereocenters. The Labute approximate surface area is 147 Å². The van der Waals surface area contributed by atoms with Gasteiger partial charge in [0.15, 0.2) is 0 Å². The molecular formula is C16H25N7O2. The van der Waals surface area contributed by atoms with Crippen LogP contribution in [0.2, 0.25) is 0 Å². The summed E-state index contributed by atoms with van der Waals surface area (Å²) in [5.74, 6) is 2.59. The zero-order valence-electron chi connectivity index (χ0n) is 15.1. The van der Waals surface area contributed by atoms with Gasteiger partial charge in [0.05, 0.1) is 13.2 Å². The van der Waals surface area contributed by atoms with Crippen LogP contribution < -0.4 is 14.5 Å². The molecule has 3 rings (SSSR count). The number of hydrogen-bond acceptors (Lipinski definition) is 9. The summed E-state index contributed by atoms with van der Waals surface area (Å²) in [5.41, 5.74) is 0. The number of hydrogen-bond donors (Lipinski definition) is 0. The first-order valence-corrected chi connectivity index (χ1v) is 8.58. The quantitative estimate of drug-likeness (QED) is 0.761. The summed E-state index contributed by atoms with van der Waals surface area (Å²) in [4.78, 5) is 19.6. The van der Waals surface area contributed by atoms with Gasteiger partial charge in [-0.3, -0.25) is 4.90 Å². The molecule has 1 aliphatic rings. The van der Waals surface area contributed by atoms with Crippen molar-refractivity contribution in [2.75, 3.05) is 56.7 Å². The second-order valence-electron chi connectivity index (χ2n) is 6.13. The molecule has 9 nitrogen and oxygen atoms in total. The molecule has 0 atom stereocenters. The molecule has 9 heteroatoms. The van der Waals surface area contributed by atoms with Gasteiger partial charge < -0.3 is 19.1 Å². The Morgan fingerprint density at radius 1 is 1.20 bits per heavy atom. The van der Waals surface area contributed by atoms with Crippen LogP contribution >= 0.6 is 0 Å². The molecular weight excluding hydrogens is 322 g/mol. The van der Waals surface area contributed by atoms with Crippen LogP contribution in [0.4, 0.5) is 11.9 Å². The highest BCUT2D eigenvalue weighted by Crippen LogP contribution is 2.16. The summed E-state index contributed by atoms with van der Waals surface area (Å²) in [6.45, 7) is 6.84. The van der Waals surface area contributed by atoms with Crippen molar-refractivity contribution in [1.82, 2.24) is 25.0 Å². The van der Waals surface area contributed by atoms with Crippen molar-refractivity contribution in [3.63, 3.8) is 0 Å². The van der Waals surface area contributed by atoms with E-state index in [1.165, 1.54) is 0 Å². The fraction of sp³-hybridized carbons (Fsp3) is 0.625. The van der Waals surface area contributed by atoms with E-state index in [1.807, 2.05) is 25.9 Å². The number of ether oxygens (including phenoxy) is 1. The van der Waals surface area contributed by atoms with Gasteiger partial charge in [0.25, 0.3) is 5.95 Å². The van der Waals surface area contributed by atoms with Gasteiger partial charge in [0.1, 0.15) is 0 Å². The SMILES string of the molecule is CCOc1ccnc(N2CCCN(Cc3nc(N(C)C)no3)CC2)n1. The zero-order valence-corrected chi connectivity index (χ0v) is 15.1. The molecule has 2 aromatic rings. The fourth-order valence-electron chi connectivity index (χ4n) is 2.73. The smallest absolute Gasteiger partial charge is 0.265 e. The minimum atomic E-state index is 0.601. The molecule has 1 fully saturated rings. The normalized spacial score (nSPS) is 15.9. The highest BCUT2D eigenvalue weighted by molar-refractivity contribution is 5.32. The second kappa shape index (κ2) is 8.11. The van der Waals surface area contributed by atoms with Crippen LogP contribution in [-0.2, 0) is 6.54 Å². The van der Waals surface area contributed by atoms with Gasteiger partial charge in [0.2, 0.25) is 17.7 Å². The molecule has 0 radical (unpaired) electrons. The average Bonchev–Trinajstić information content (AvgIpc) is 2.94. The van der Waals surface area contributed by atoms with Gasteiger partial charge in [-0.15, -0.1) is 0 Å². The third-order valence-electron chi connectivity index (χ3n) is 4.00. The highest BCUT2D eigenvalue weighted by atomic mass is 16.5. The van der Waals surface area contributed by atoms with E-state index in [0.717, 1.165) is 38.5 Å². The lowest BCUT2D eigenvalue weighted by Gasteiger charge is -2.21. The van der Waals surface area contributed by atoms with Gasteiger partial charge in [-0.2, -0.15) is 9.97 Å². The van der Waals surface area contributed by atoms with Crippen molar-refractivity contribution in [2.24, 2.45) is 0 Å². The Morgan fingerprint density at radius 3 is 2.84 bits per heavy atom. The van der Waals surface area contributed by atoms with E-state index < -0.39 is 0 Å². The molecule has 136 valence electrons. The van der Waals surface area contributed by atoms with Crippen LogP contribution in [0.15, 0.2) is 16.8 Å². The van der Waals surface area contributed by atoms with Crippen molar-refractivity contribution in [1.29, 1.82) is 0 Å². The zero-order chi connectivity index (χ0) is 17.6. The molecule has 3 heterocycles. The Bertz CT molecular complexity index is 676. The standard InChI is InChI=1S/C16H25N7O2/c1-4-24-13-6-7-17-15(18-13)23-9-5-8-22(10-11-23)12-14-19-16(20-25-14)21(2)3/h6-7H,4-5,8-12H2,1-3H3. The summed E-state index contributed by atoms with van der Waals surface area (Å²) < 4.78 is 10.8. The van der Waals surface area contributed by atoms with E-state index in [1.54, 1.807) is 12.3 Å². The van der Waals surface area contributed by atoms with E-state index in [-0.39, 0.29) is 0 Å². The molecule has 0 bridgehead atoms. The predicted octanol–water partition coefficient (Wildman–Crippen LogP) is 1.04. The summed E-state index contributed by atoms with van der Waals surface area (Å²) in [7, 11) is 3.80. The van der Waals surface area contributed by atoms with Crippen LogP contribution in [-0.4, -0.2) is 71.9 Å². The fourth-order valence-corrected chi connectivity index (χ4v) is 2.73. The predicted molar refractivity (Wildman–Crippen MR) is 93.9 cm³/mol. The van der Waals surface area contributed by atoms with Crippen molar-refractivity contribution >= 4 is 11.9 Å². The first-order chi connectivity index (χ1) is 12.2. The Balaban J connectivity index is 1.59. The molecule has 2 aromatic heterocycles. The molecule has 0 amide bonds. The Hall–Kier alpha value is -2.42. The lowest BCUT2D eigenvalue weighted by Crippen LogP contribution is -2.31. The molecule has 0 spiro atoms. The van der Waals surface area contributed by atoms with Crippen molar-refractivity contribution in [2.45, 2.75) is 19.9 Å². The summed E-state index contributed by atoms with van der Waals surface area (Å²) in [6.07, 6.45) is 2.77. The largest absolute Gasteiger partial charge is 0.478 e. The van der Waals surface area contributed by atoms with Crippen LogP contribution in [0.3, 0.4) is 0 Å². The summed E-state index contributed by atoms with van der Waals surface area (Å²) in [6, 6.07) is 1.79. The lowest BCUT2D eigenvalue weighted by atomic mass is 10.4. The van der Waals surface area contributed by atoms with Gasteiger partial charge in [-0.05, 0) is 18.5 Å². The monoisotopic (exact) mass is 347 g/mol. The Morgan fingerprint density at radius 2 is 2.08 bits per heavy atom. The Kier molecular flexibility index (Phi) is 5.64. The maximum Gasteiger partial charge on any atom is 0.265 e. The van der Waals surface area contributed by atoms with E-state index in [0.29, 0.717) is 30.9 Å². The molecule has 1 aliphatic heterocycles. The van der Waals surface area contributed by atoms with Gasteiger partial charge in [-0.1, -0.05) is 0 Å². The first kappa shape index (κ1) is 17.4. The maximum atomic E-state index is 5.47. The number of rotatable bonds is 6. The molecule has 1 saturated heterocycles. The molecule has 25 heavy (non-hydrogen) atoms. The first-order valence-electron chi connectivity index (χ1n) is 8.58. The maximum absolute atomic E-state index is 5.47. The van der Waals surface area contributed by atoms with Crippen LogP contribution in [0.5, 0.6) is 5.88 Å². The van der Waals surface area contributed by atoms with Gasteiger partial charge in [0, 0.05) is 52.5 Å². The molecule has 0 aromatic carbocycles. The lowest BCUT2D eigenvalue weighted by molar-refractivity contribution is 0.239. The van der Waals surface area contributed by atoms with Crippen molar-refractivity contribution in [3.8, 4) is 5.88 Å². The molecule has 0 saturated carbocycles. The van der Waals surface area contributed by atoms with Gasteiger partial charge >= 0.3 is 0 Å². The average molecular weight is 347 g/mol. The summed E-state index contributed by atoms with van der Waals surface area (Å²) in [5, 5.41) is 3.96. The summed E-state index contributed by atoms with van der Waals surface area (Å²) >= 11 is 0. The van der Waals surface area contributed by atoms with Crippen LogP contribution in [0.1, 0.15) is 19.2 Å². The van der Waals surface area contributed by atoms with Gasteiger partial charge in [-0.25, -0.2) is 4.98 Å². The van der Waals surface area contributed by atoms with E-state index in [2.05, 4.69) is 29.9 Å². The third-order valence-corrected chi connectivity index (χ3v) is 4.00. The van der Waals surface area contributed by atoms with Crippen molar-refractivity contribution in [3.05, 3.63) is 18.2 Å². The van der Waals surface area contributed by atoms with Crippen LogP contribution in [0.25, 0.3) is 0 Å².